The van der Waals surface area contributed by atoms with Crippen molar-refractivity contribution in [3.8, 4) is 5.75 Å². The molecule has 0 spiro atoms. The molecule has 1 amide bonds. The van der Waals surface area contributed by atoms with Crippen LogP contribution in [-0.2, 0) is 4.79 Å². The fraction of sp³-hybridized carbons (Fsp3) is 0.105. The van der Waals surface area contributed by atoms with E-state index >= 15 is 0 Å². The number of thioether (sulfide) groups is 1. The Morgan fingerprint density at radius 3 is 2.60 bits per heavy atom. The second-order valence-corrected chi connectivity index (χ2v) is 6.46. The van der Waals surface area contributed by atoms with Crippen LogP contribution >= 0.6 is 11.8 Å². The summed E-state index contributed by atoms with van der Waals surface area (Å²) in [5, 5.41) is 6.53. The van der Waals surface area contributed by atoms with Gasteiger partial charge in [0.25, 0.3) is 5.91 Å². The lowest BCUT2D eigenvalue weighted by Crippen LogP contribution is -2.31. The lowest BCUT2D eigenvalue weighted by molar-refractivity contribution is -0.122. The van der Waals surface area contributed by atoms with Crippen LogP contribution in [0.5, 0.6) is 5.75 Å². The summed E-state index contributed by atoms with van der Waals surface area (Å²) in [5.41, 5.74) is 3.19. The highest BCUT2D eigenvalue weighted by Crippen LogP contribution is 2.29. The number of ether oxygens (including phenoxy) is 1. The fourth-order valence-corrected chi connectivity index (χ4v) is 3.48. The largest absolute Gasteiger partial charge is 0.497 e. The second kappa shape index (κ2) is 6.57. The minimum atomic E-state index is -0.202. The number of hydrazone groups is 1. The van der Waals surface area contributed by atoms with E-state index in [1.54, 1.807) is 13.2 Å². The SMILES string of the molecule is COc1ccc(/C=C2\N=C3SCC(c4ccccc4)=NN3C2=O)cc1. The van der Waals surface area contributed by atoms with Gasteiger partial charge in [0.1, 0.15) is 11.4 Å². The summed E-state index contributed by atoms with van der Waals surface area (Å²) >= 11 is 1.52. The number of aliphatic imine (C=N–C) groups is 1. The minimum absolute atomic E-state index is 0.202. The van der Waals surface area contributed by atoms with Gasteiger partial charge in [-0.2, -0.15) is 10.1 Å². The van der Waals surface area contributed by atoms with E-state index in [-0.39, 0.29) is 5.91 Å². The van der Waals surface area contributed by atoms with Gasteiger partial charge in [-0.25, -0.2) is 4.99 Å². The summed E-state index contributed by atoms with van der Waals surface area (Å²) in [4.78, 5) is 17.1. The molecule has 0 aromatic heterocycles. The van der Waals surface area contributed by atoms with Gasteiger partial charge in [-0.1, -0.05) is 54.2 Å². The van der Waals surface area contributed by atoms with Gasteiger partial charge >= 0.3 is 0 Å². The Labute approximate surface area is 149 Å². The molecule has 0 fully saturated rings. The highest BCUT2D eigenvalue weighted by Gasteiger charge is 2.34. The zero-order chi connectivity index (χ0) is 17.2. The predicted molar refractivity (Wildman–Crippen MR) is 101 cm³/mol. The van der Waals surface area contributed by atoms with E-state index in [4.69, 9.17) is 4.74 Å². The molecule has 2 aliphatic rings. The first kappa shape index (κ1) is 15.7. The van der Waals surface area contributed by atoms with Crippen LogP contribution in [0.3, 0.4) is 0 Å². The molecular weight excluding hydrogens is 334 g/mol. The first-order chi connectivity index (χ1) is 12.2. The zero-order valence-corrected chi connectivity index (χ0v) is 14.4. The Morgan fingerprint density at radius 2 is 1.88 bits per heavy atom. The maximum Gasteiger partial charge on any atom is 0.299 e. The maximum atomic E-state index is 12.6. The number of hydrogen-bond donors (Lipinski definition) is 0. The Morgan fingerprint density at radius 1 is 1.12 bits per heavy atom. The van der Waals surface area contributed by atoms with Crippen molar-refractivity contribution in [3.05, 3.63) is 71.4 Å². The molecule has 0 bridgehead atoms. The molecule has 2 aromatic carbocycles. The lowest BCUT2D eigenvalue weighted by Gasteiger charge is -2.19. The van der Waals surface area contributed by atoms with E-state index in [2.05, 4.69) is 10.1 Å². The number of hydrogen-bond acceptors (Lipinski definition) is 5. The van der Waals surface area contributed by atoms with Crippen LogP contribution in [0.25, 0.3) is 6.08 Å². The molecule has 25 heavy (non-hydrogen) atoms. The van der Waals surface area contributed by atoms with Crippen LogP contribution in [0.4, 0.5) is 0 Å². The number of carbonyl (C=O) groups is 1. The Bertz CT molecular complexity index is 902. The van der Waals surface area contributed by atoms with Gasteiger partial charge < -0.3 is 4.74 Å². The molecule has 4 rings (SSSR count). The summed E-state index contributed by atoms with van der Waals surface area (Å²) in [6.45, 7) is 0. The number of carbonyl (C=O) groups excluding carboxylic acids is 1. The van der Waals surface area contributed by atoms with Gasteiger partial charge in [0.05, 0.1) is 12.8 Å². The molecule has 0 radical (unpaired) electrons. The monoisotopic (exact) mass is 349 g/mol. The predicted octanol–water partition coefficient (Wildman–Crippen LogP) is 3.39. The van der Waals surface area contributed by atoms with E-state index in [1.807, 2.05) is 54.6 Å². The molecule has 124 valence electrons. The van der Waals surface area contributed by atoms with Crippen molar-refractivity contribution in [3.63, 3.8) is 0 Å². The minimum Gasteiger partial charge on any atom is -0.497 e. The van der Waals surface area contributed by atoms with Crippen molar-refractivity contribution in [2.75, 3.05) is 12.9 Å². The zero-order valence-electron chi connectivity index (χ0n) is 13.5. The third kappa shape index (κ3) is 3.08. The van der Waals surface area contributed by atoms with Crippen LogP contribution in [0.2, 0.25) is 0 Å². The van der Waals surface area contributed by atoms with Gasteiger partial charge in [-0.15, -0.1) is 0 Å². The topological polar surface area (TPSA) is 54.3 Å². The first-order valence-corrected chi connectivity index (χ1v) is 8.78. The quantitative estimate of drug-likeness (QED) is 0.798. The summed E-state index contributed by atoms with van der Waals surface area (Å²) in [6, 6.07) is 17.4. The average Bonchev–Trinajstić information content (AvgIpc) is 2.98. The van der Waals surface area contributed by atoms with Crippen molar-refractivity contribution < 1.29 is 9.53 Å². The Kier molecular flexibility index (Phi) is 4.11. The molecular formula is C19H15N3O2S. The number of fused-ring (bicyclic) bond motifs is 1. The van der Waals surface area contributed by atoms with Crippen LogP contribution in [0.1, 0.15) is 11.1 Å². The number of rotatable bonds is 3. The fourth-order valence-electron chi connectivity index (χ4n) is 2.58. The van der Waals surface area contributed by atoms with Crippen LogP contribution < -0.4 is 4.74 Å². The third-order valence-electron chi connectivity index (χ3n) is 3.89. The smallest absolute Gasteiger partial charge is 0.299 e. The van der Waals surface area contributed by atoms with Crippen molar-refractivity contribution in [2.24, 2.45) is 10.1 Å². The summed E-state index contributed by atoms with van der Waals surface area (Å²) in [7, 11) is 1.62. The average molecular weight is 349 g/mol. The maximum absolute atomic E-state index is 12.6. The van der Waals surface area contributed by atoms with Gasteiger partial charge in [-0.3, -0.25) is 4.79 Å². The molecule has 5 nitrogen and oxygen atoms in total. The van der Waals surface area contributed by atoms with Crippen LogP contribution in [0.15, 0.2) is 70.4 Å². The summed E-state index contributed by atoms with van der Waals surface area (Å²) < 4.78 is 5.15. The standard InChI is InChI=1S/C19H15N3O2S/c1-24-15-9-7-13(8-10-15)11-16-18(23)22-19(20-16)25-12-17(21-22)14-5-3-2-4-6-14/h2-11H,12H2,1H3/b16-11-. The molecule has 6 heteroatoms. The molecule has 0 atom stereocenters. The molecule has 0 saturated heterocycles. The normalized spacial score (nSPS) is 18.0. The van der Waals surface area contributed by atoms with Crippen molar-refractivity contribution in [1.82, 2.24) is 5.01 Å². The number of amidine groups is 1. The van der Waals surface area contributed by atoms with E-state index < -0.39 is 0 Å². The van der Waals surface area contributed by atoms with Crippen LogP contribution in [0, 0.1) is 0 Å². The molecule has 0 unspecified atom stereocenters. The van der Waals surface area contributed by atoms with Gasteiger partial charge in [-0.05, 0) is 29.3 Å². The van der Waals surface area contributed by atoms with Gasteiger partial charge in [0.2, 0.25) is 0 Å². The number of amides is 1. The summed E-state index contributed by atoms with van der Waals surface area (Å²) in [5.74, 6) is 1.27. The molecule has 2 aliphatic heterocycles. The molecule has 2 heterocycles. The molecule has 2 aromatic rings. The molecule has 0 saturated carbocycles. The van der Waals surface area contributed by atoms with Crippen LogP contribution in [-0.4, -0.2) is 34.7 Å². The Balaban J connectivity index is 1.61. The first-order valence-electron chi connectivity index (χ1n) is 7.79. The lowest BCUT2D eigenvalue weighted by atomic mass is 10.1. The molecule has 0 aliphatic carbocycles. The third-order valence-corrected chi connectivity index (χ3v) is 4.83. The van der Waals surface area contributed by atoms with E-state index in [0.29, 0.717) is 16.6 Å². The van der Waals surface area contributed by atoms with Gasteiger partial charge in [0, 0.05) is 5.75 Å². The summed E-state index contributed by atoms with van der Waals surface area (Å²) in [6.07, 6.45) is 1.77. The highest BCUT2D eigenvalue weighted by atomic mass is 32.2. The van der Waals surface area contributed by atoms with Crippen molar-refractivity contribution >= 4 is 34.6 Å². The Hall–Kier alpha value is -2.86. The van der Waals surface area contributed by atoms with Gasteiger partial charge in [0.15, 0.2) is 5.17 Å². The number of methoxy groups -OCH3 is 1. The highest BCUT2D eigenvalue weighted by molar-refractivity contribution is 8.14. The number of benzene rings is 2. The number of nitrogens with zero attached hydrogens (tertiary/aromatic N) is 3. The van der Waals surface area contributed by atoms with E-state index in [9.17, 15) is 4.79 Å². The van der Waals surface area contributed by atoms with Crippen molar-refractivity contribution in [2.45, 2.75) is 0 Å². The van der Waals surface area contributed by atoms with E-state index in [0.717, 1.165) is 22.6 Å². The molecule has 0 N–H and O–H groups in total. The second-order valence-electron chi connectivity index (χ2n) is 5.52. The van der Waals surface area contributed by atoms with Crippen molar-refractivity contribution in [1.29, 1.82) is 0 Å². The van der Waals surface area contributed by atoms with E-state index in [1.165, 1.54) is 16.8 Å².